The molecule has 0 radical (unpaired) electrons. The maximum atomic E-state index is 9.43. The fourth-order valence-electron chi connectivity index (χ4n) is 2.05. The van der Waals surface area contributed by atoms with Crippen molar-refractivity contribution in [3.05, 3.63) is 42.1 Å². The molecule has 118 valence electrons. The van der Waals surface area contributed by atoms with E-state index in [4.69, 9.17) is 4.74 Å². The first-order chi connectivity index (χ1) is 10.7. The Morgan fingerprint density at radius 2 is 2.18 bits per heavy atom. The molecule has 0 aliphatic carbocycles. The van der Waals surface area contributed by atoms with Gasteiger partial charge < -0.3 is 15.2 Å². The number of nitrogens with zero attached hydrogens (tertiary/aromatic N) is 3. The summed E-state index contributed by atoms with van der Waals surface area (Å²) in [5.41, 5.74) is 0.835. The Kier molecular flexibility index (Phi) is 6.09. The second-order valence-corrected chi connectivity index (χ2v) is 5.05. The van der Waals surface area contributed by atoms with Gasteiger partial charge in [0.1, 0.15) is 12.4 Å². The summed E-state index contributed by atoms with van der Waals surface area (Å²) in [6.07, 6.45) is 5.21. The smallest absolute Gasteiger partial charge is 0.180 e. The van der Waals surface area contributed by atoms with Crippen LogP contribution in [0.4, 0.5) is 5.82 Å². The summed E-state index contributed by atoms with van der Waals surface area (Å²) in [6, 6.07) is 5.63. The van der Waals surface area contributed by atoms with Crippen molar-refractivity contribution in [1.82, 2.24) is 15.0 Å². The third-order valence-corrected chi connectivity index (χ3v) is 3.18. The lowest BCUT2D eigenvalue weighted by Gasteiger charge is -2.18. The normalized spacial score (nSPS) is 12.0. The molecule has 0 saturated heterocycles. The van der Waals surface area contributed by atoms with E-state index in [1.165, 1.54) is 0 Å². The van der Waals surface area contributed by atoms with E-state index in [0.717, 1.165) is 18.5 Å². The molecule has 1 atom stereocenters. The Morgan fingerprint density at radius 3 is 2.86 bits per heavy atom. The lowest BCUT2D eigenvalue weighted by Crippen LogP contribution is -2.24. The van der Waals surface area contributed by atoms with Crippen LogP contribution in [0.2, 0.25) is 0 Å². The first-order valence-electron chi connectivity index (χ1n) is 7.46. The molecule has 2 aromatic rings. The Bertz CT molecular complexity index is 578. The van der Waals surface area contributed by atoms with E-state index < -0.39 is 0 Å². The molecule has 0 aliphatic rings. The summed E-state index contributed by atoms with van der Waals surface area (Å²) < 4.78 is 5.77. The average Bonchev–Trinajstić information content (AvgIpc) is 2.54. The van der Waals surface area contributed by atoms with Crippen LogP contribution in [-0.4, -0.2) is 32.7 Å². The lowest BCUT2D eigenvalue weighted by atomic mass is 10.2. The van der Waals surface area contributed by atoms with Crippen LogP contribution < -0.4 is 10.1 Å². The van der Waals surface area contributed by atoms with Gasteiger partial charge in [0.15, 0.2) is 11.6 Å². The van der Waals surface area contributed by atoms with E-state index in [2.05, 4.69) is 27.2 Å². The SMILES string of the molecule is CCCC(CO)Nc1nc(C)ncc1OCc1ccccn1. The van der Waals surface area contributed by atoms with Crippen LogP contribution in [0.3, 0.4) is 0 Å². The molecule has 0 amide bonds. The van der Waals surface area contributed by atoms with E-state index in [-0.39, 0.29) is 12.6 Å². The topological polar surface area (TPSA) is 80.2 Å². The molecule has 2 heterocycles. The molecule has 1 unspecified atom stereocenters. The van der Waals surface area contributed by atoms with Gasteiger partial charge in [-0.1, -0.05) is 19.4 Å². The number of hydrogen-bond acceptors (Lipinski definition) is 6. The van der Waals surface area contributed by atoms with Gasteiger partial charge in [-0.2, -0.15) is 0 Å². The van der Waals surface area contributed by atoms with Crippen molar-refractivity contribution in [2.24, 2.45) is 0 Å². The molecule has 0 aliphatic heterocycles. The number of aryl methyl sites for hydroxylation is 1. The summed E-state index contributed by atoms with van der Waals surface area (Å²) in [6.45, 7) is 4.30. The van der Waals surface area contributed by atoms with Crippen LogP contribution >= 0.6 is 0 Å². The van der Waals surface area contributed by atoms with Crippen LogP contribution in [0.15, 0.2) is 30.6 Å². The number of pyridine rings is 1. The van der Waals surface area contributed by atoms with Crippen LogP contribution in [0.25, 0.3) is 0 Å². The molecule has 0 aromatic carbocycles. The van der Waals surface area contributed by atoms with Gasteiger partial charge in [-0.3, -0.25) is 4.98 Å². The molecule has 2 N–H and O–H groups in total. The molecule has 2 aromatic heterocycles. The molecular weight excluding hydrogens is 280 g/mol. The van der Waals surface area contributed by atoms with Gasteiger partial charge in [0.05, 0.1) is 24.5 Å². The van der Waals surface area contributed by atoms with E-state index in [0.29, 0.717) is 24.0 Å². The summed E-state index contributed by atoms with van der Waals surface area (Å²) in [4.78, 5) is 12.8. The maximum Gasteiger partial charge on any atom is 0.180 e. The standard InChI is InChI=1S/C16H22N4O2/c1-3-6-13(10-21)20-16-15(9-18-12(2)19-16)22-11-14-7-4-5-8-17-14/h4-5,7-9,13,21H,3,6,10-11H2,1-2H3,(H,18,19,20). The first-order valence-corrected chi connectivity index (χ1v) is 7.46. The number of hydrogen-bond donors (Lipinski definition) is 2. The Morgan fingerprint density at radius 1 is 1.32 bits per heavy atom. The number of rotatable bonds is 8. The monoisotopic (exact) mass is 302 g/mol. The highest BCUT2D eigenvalue weighted by Crippen LogP contribution is 2.23. The zero-order valence-corrected chi connectivity index (χ0v) is 13.0. The van der Waals surface area contributed by atoms with Crippen LogP contribution in [-0.2, 0) is 6.61 Å². The number of ether oxygens (including phenoxy) is 1. The molecule has 0 fully saturated rings. The molecule has 0 spiro atoms. The fourth-order valence-corrected chi connectivity index (χ4v) is 2.05. The van der Waals surface area contributed by atoms with Crippen molar-refractivity contribution in [3.8, 4) is 5.75 Å². The molecule has 6 heteroatoms. The Hall–Kier alpha value is -2.21. The third-order valence-electron chi connectivity index (χ3n) is 3.18. The van der Waals surface area contributed by atoms with Crippen LogP contribution in [0, 0.1) is 6.92 Å². The molecule has 6 nitrogen and oxygen atoms in total. The minimum Gasteiger partial charge on any atom is -0.482 e. The summed E-state index contributed by atoms with van der Waals surface area (Å²) in [5.74, 6) is 1.82. The average molecular weight is 302 g/mol. The second kappa shape index (κ2) is 8.29. The van der Waals surface area contributed by atoms with Crippen molar-refractivity contribution < 1.29 is 9.84 Å². The van der Waals surface area contributed by atoms with E-state index >= 15 is 0 Å². The largest absolute Gasteiger partial charge is 0.482 e. The molecular formula is C16H22N4O2. The quantitative estimate of drug-likeness (QED) is 0.779. The molecule has 0 saturated carbocycles. The van der Waals surface area contributed by atoms with Gasteiger partial charge in [0, 0.05) is 6.20 Å². The third kappa shape index (κ3) is 4.66. The summed E-state index contributed by atoms with van der Waals surface area (Å²) in [5, 5.41) is 12.7. The highest BCUT2D eigenvalue weighted by Gasteiger charge is 2.13. The van der Waals surface area contributed by atoms with Crippen molar-refractivity contribution >= 4 is 5.82 Å². The first kappa shape index (κ1) is 16.2. The summed E-state index contributed by atoms with van der Waals surface area (Å²) >= 11 is 0. The molecule has 2 rings (SSSR count). The highest BCUT2D eigenvalue weighted by atomic mass is 16.5. The van der Waals surface area contributed by atoms with Crippen molar-refractivity contribution in [2.45, 2.75) is 39.3 Å². The van der Waals surface area contributed by atoms with Gasteiger partial charge in [0.25, 0.3) is 0 Å². The zero-order chi connectivity index (χ0) is 15.8. The van der Waals surface area contributed by atoms with E-state index in [1.54, 1.807) is 12.4 Å². The van der Waals surface area contributed by atoms with Gasteiger partial charge >= 0.3 is 0 Å². The fraction of sp³-hybridized carbons (Fsp3) is 0.438. The zero-order valence-electron chi connectivity index (χ0n) is 13.0. The predicted octanol–water partition coefficient (Wildman–Crippen LogP) is 2.33. The number of aromatic nitrogens is 3. The number of aliphatic hydroxyl groups excluding tert-OH is 1. The van der Waals surface area contributed by atoms with Crippen LogP contribution in [0.5, 0.6) is 5.75 Å². The van der Waals surface area contributed by atoms with Gasteiger partial charge in [-0.05, 0) is 25.5 Å². The number of anilines is 1. The molecule has 22 heavy (non-hydrogen) atoms. The highest BCUT2D eigenvalue weighted by molar-refractivity contribution is 5.49. The minimum absolute atomic E-state index is 0.0449. The van der Waals surface area contributed by atoms with E-state index in [9.17, 15) is 5.11 Å². The van der Waals surface area contributed by atoms with Crippen LogP contribution in [0.1, 0.15) is 31.3 Å². The lowest BCUT2D eigenvalue weighted by molar-refractivity contribution is 0.266. The molecule has 0 bridgehead atoms. The predicted molar refractivity (Wildman–Crippen MR) is 84.7 cm³/mol. The minimum atomic E-state index is -0.0449. The van der Waals surface area contributed by atoms with Gasteiger partial charge in [0.2, 0.25) is 0 Å². The van der Waals surface area contributed by atoms with Crippen molar-refractivity contribution in [3.63, 3.8) is 0 Å². The van der Waals surface area contributed by atoms with Crippen molar-refractivity contribution in [1.29, 1.82) is 0 Å². The van der Waals surface area contributed by atoms with Crippen molar-refractivity contribution in [2.75, 3.05) is 11.9 Å². The Balaban J connectivity index is 2.09. The van der Waals surface area contributed by atoms with Gasteiger partial charge in [-0.15, -0.1) is 0 Å². The Labute approximate surface area is 130 Å². The van der Waals surface area contributed by atoms with Gasteiger partial charge in [-0.25, -0.2) is 9.97 Å². The number of nitrogens with one attached hydrogen (secondary N) is 1. The summed E-state index contributed by atoms with van der Waals surface area (Å²) in [7, 11) is 0. The maximum absolute atomic E-state index is 9.43. The second-order valence-electron chi connectivity index (χ2n) is 5.05. The number of aliphatic hydroxyl groups is 1. The van der Waals surface area contributed by atoms with E-state index in [1.807, 2.05) is 25.1 Å².